The monoisotopic (exact) mass is 278 g/mol. The van der Waals surface area contributed by atoms with Crippen LogP contribution in [0.25, 0.3) is 0 Å². The van der Waals surface area contributed by atoms with Crippen LogP contribution in [0.15, 0.2) is 18.2 Å². The van der Waals surface area contributed by atoms with Crippen molar-refractivity contribution in [2.24, 2.45) is 5.73 Å². The molecule has 1 amide bonds. The molecule has 1 aromatic rings. The smallest absolute Gasteiger partial charge is 0.255 e. The molecule has 2 rings (SSSR count). The number of hydrogen-bond donors (Lipinski definition) is 2. The largest absolute Gasteiger partial charge is 0.497 e. The Labute approximate surface area is 119 Å². The number of methoxy groups -OCH3 is 2. The van der Waals surface area contributed by atoms with Gasteiger partial charge in [-0.1, -0.05) is 12.8 Å². The van der Waals surface area contributed by atoms with Crippen LogP contribution < -0.4 is 20.5 Å². The maximum atomic E-state index is 12.4. The van der Waals surface area contributed by atoms with Gasteiger partial charge in [-0.3, -0.25) is 4.79 Å². The number of carbonyl (C=O) groups is 1. The molecule has 0 aromatic heterocycles. The Hall–Kier alpha value is -1.75. The molecule has 110 valence electrons. The fourth-order valence-electron chi connectivity index (χ4n) is 2.58. The zero-order valence-corrected chi connectivity index (χ0v) is 12.0. The summed E-state index contributed by atoms with van der Waals surface area (Å²) >= 11 is 0. The van der Waals surface area contributed by atoms with Gasteiger partial charge in [0.05, 0.1) is 19.8 Å². The summed E-state index contributed by atoms with van der Waals surface area (Å²) in [5.41, 5.74) is 6.54. The highest BCUT2D eigenvalue weighted by molar-refractivity contribution is 5.97. The van der Waals surface area contributed by atoms with E-state index in [2.05, 4.69) is 5.32 Å². The second kappa shape index (κ2) is 6.61. The quantitative estimate of drug-likeness (QED) is 0.879. The zero-order valence-electron chi connectivity index (χ0n) is 12.0. The van der Waals surface area contributed by atoms with Crippen molar-refractivity contribution in [2.75, 3.05) is 14.2 Å². The van der Waals surface area contributed by atoms with Gasteiger partial charge in [0.2, 0.25) is 0 Å². The van der Waals surface area contributed by atoms with Crippen LogP contribution in [-0.2, 0) is 0 Å². The molecule has 0 radical (unpaired) electrons. The minimum absolute atomic E-state index is 0.0318. The van der Waals surface area contributed by atoms with Crippen molar-refractivity contribution in [2.45, 2.75) is 37.8 Å². The van der Waals surface area contributed by atoms with Gasteiger partial charge in [-0.2, -0.15) is 0 Å². The molecule has 2 atom stereocenters. The SMILES string of the molecule is COc1ccc(OC)c(C(=O)N[C@@H]2CCCC[C@H]2N)c1. The van der Waals surface area contributed by atoms with Gasteiger partial charge in [0.25, 0.3) is 5.91 Å². The summed E-state index contributed by atoms with van der Waals surface area (Å²) in [6.07, 6.45) is 4.13. The van der Waals surface area contributed by atoms with Crippen molar-refractivity contribution in [1.29, 1.82) is 0 Å². The zero-order chi connectivity index (χ0) is 14.5. The molecule has 1 aliphatic rings. The minimum Gasteiger partial charge on any atom is -0.497 e. The van der Waals surface area contributed by atoms with Crippen molar-refractivity contribution in [1.82, 2.24) is 5.32 Å². The van der Waals surface area contributed by atoms with Crippen LogP contribution in [0.2, 0.25) is 0 Å². The average Bonchev–Trinajstić information content (AvgIpc) is 2.48. The van der Waals surface area contributed by atoms with Crippen LogP contribution in [0.3, 0.4) is 0 Å². The highest BCUT2D eigenvalue weighted by Crippen LogP contribution is 2.25. The van der Waals surface area contributed by atoms with E-state index >= 15 is 0 Å². The van der Waals surface area contributed by atoms with Gasteiger partial charge in [0.15, 0.2) is 0 Å². The predicted octanol–water partition coefficient (Wildman–Crippen LogP) is 1.70. The molecule has 0 spiro atoms. The molecule has 0 bridgehead atoms. The topological polar surface area (TPSA) is 73.6 Å². The maximum absolute atomic E-state index is 12.4. The molecular weight excluding hydrogens is 256 g/mol. The number of ether oxygens (including phenoxy) is 2. The standard InChI is InChI=1S/C15H22N2O3/c1-19-10-7-8-14(20-2)11(9-10)15(18)17-13-6-4-3-5-12(13)16/h7-9,12-13H,3-6,16H2,1-2H3,(H,17,18)/t12-,13-/m1/s1. The molecular formula is C15H22N2O3. The van der Waals surface area contributed by atoms with E-state index in [0.29, 0.717) is 17.1 Å². The summed E-state index contributed by atoms with van der Waals surface area (Å²) in [6, 6.07) is 5.25. The molecule has 20 heavy (non-hydrogen) atoms. The Morgan fingerprint density at radius 3 is 2.65 bits per heavy atom. The first-order chi connectivity index (χ1) is 9.65. The molecule has 0 unspecified atom stereocenters. The third-order valence-electron chi connectivity index (χ3n) is 3.79. The van der Waals surface area contributed by atoms with E-state index in [9.17, 15) is 4.79 Å². The third kappa shape index (κ3) is 3.22. The first kappa shape index (κ1) is 14.7. The first-order valence-electron chi connectivity index (χ1n) is 6.94. The van der Waals surface area contributed by atoms with Gasteiger partial charge >= 0.3 is 0 Å². The summed E-state index contributed by atoms with van der Waals surface area (Å²) in [5.74, 6) is 1.000. The number of carbonyl (C=O) groups excluding carboxylic acids is 1. The minimum atomic E-state index is -0.164. The van der Waals surface area contributed by atoms with Gasteiger partial charge in [-0.25, -0.2) is 0 Å². The highest BCUT2D eigenvalue weighted by Gasteiger charge is 2.25. The van der Waals surface area contributed by atoms with E-state index in [0.717, 1.165) is 25.7 Å². The Bertz CT molecular complexity index is 476. The summed E-state index contributed by atoms with van der Waals surface area (Å²) in [7, 11) is 3.12. The van der Waals surface area contributed by atoms with E-state index in [1.54, 1.807) is 32.4 Å². The normalized spacial score (nSPS) is 22.1. The van der Waals surface area contributed by atoms with Crippen molar-refractivity contribution < 1.29 is 14.3 Å². The Morgan fingerprint density at radius 1 is 1.25 bits per heavy atom. The molecule has 0 heterocycles. The van der Waals surface area contributed by atoms with Crippen molar-refractivity contribution in [3.05, 3.63) is 23.8 Å². The van der Waals surface area contributed by atoms with E-state index in [-0.39, 0.29) is 18.0 Å². The number of rotatable bonds is 4. The Balaban J connectivity index is 2.15. The van der Waals surface area contributed by atoms with Gasteiger partial charge in [0.1, 0.15) is 11.5 Å². The second-order valence-electron chi connectivity index (χ2n) is 5.09. The van der Waals surface area contributed by atoms with Gasteiger partial charge in [-0.15, -0.1) is 0 Å². The molecule has 5 nitrogen and oxygen atoms in total. The average molecular weight is 278 g/mol. The van der Waals surface area contributed by atoms with E-state index in [4.69, 9.17) is 15.2 Å². The molecule has 5 heteroatoms. The van der Waals surface area contributed by atoms with Gasteiger partial charge in [0, 0.05) is 12.1 Å². The summed E-state index contributed by atoms with van der Waals surface area (Å²) in [4.78, 5) is 12.4. The van der Waals surface area contributed by atoms with Crippen LogP contribution in [0.1, 0.15) is 36.0 Å². The van der Waals surface area contributed by atoms with Crippen molar-refractivity contribution in [3.8, 4) is 11.5 Å². The van der Waals surface area contributed by atoms with Crippen molar-refractivity contribution in [3.63, 3.8) is 0 Å². The number of benzene rings is 1. The third-order valence-corrected chi connectivity index (χ3v) is 3.79. The molecule has 1 aliphatic carbocycles. The van der Waals surface area contributed by atoms with Gasteiger partial charge in [-0.05, 0) is 31.0 Å². The molecule has 3 N–H and O–H groups in total. The van der Waals surface area contributed by atoms with Crippen LogP contribution in [0.4, 0.5) is 0 Å². The fourth-order valence-corrected chi connectivity index (χ4v) is 2.58. The van der Waals surface area contributed by atoms with E-state index < -0.39 is 0 Å². The molecule has 1 saturated carbocycles. The summed E-state index contributed by atoms with van der Waals surface area (Å²) < 4.78 is 10.4. The maximum Gasteiger partial charge on any atom is 0.255 e. The van der Waals surface area contributed by atoms with Crippen LogP contribution >= 0.6 is 0 Å². The molecule has 0 aliphatic heterocycles. The lowest BCUT2D eigenvalue weighted by Crippen LogP contribution is -2.49. The van der Waals surface area contributed by atoms with E-state index in [1.807, 2.05) is 0 Å². The lowest BCUT2D eigenvalue weighted by Gasteiger charge is -2.29. The lowest BCUT2D eigenvalue weighted by atomic mass is 9.91. The molecule has 1 fully saturated rings. The second-order valence-corrected chi connectivity index (χ2v) is 5.09. The van der Waals surface area contributed by atoms with Crippen molar-refractivity contribution >= 4 is 5.91 Å². The molecule has 1 aromatic carbocycles. The summed E-state index contributed by atoms with van der Waals surface area (Å²) in [5, 5.41) is 3.01. The number of hydrogen-bond acceptors (Lipinski definition) is 4. The van der Waals surface area contributed by atoms with Crippen LogP contribution in [0, 0.1) is 0 Å². The number of nitrogens with one attached hydrogen (secondary N) is 1. The van der Waals surface area contributed by atoms with Gasteiger partial charge < -0.3 is 20.5 Å². The van der Waals surface area contributed by atoms with Crippen LogP contribution in [-0.4, -0.2) is 32.2 Å². The van der Waals surface area contributed by atoms with Crippen LogP contribution in [0.5, 0.6) is 11.5 Å². The lowest BCUT2D eigenvalue weighted by molar-refractivity contribution is 0.0918. The fraction of sp³-hybridized carbons (Fsp3) is 0.533. The summed E-state index contributed by atoms with van der Waals surface area (Å²) in [6.45, 7) is 0. The predicted molar refractivity (Wildman–Crippen MR) is 77.2 cm³/mol. The number of nitrogens with two attached hydrogens (primary N) is 1. The Morgan fingerprint density at radius 2 is 2.00 bits per heavy atom. The Kier molecular flexibility index (Phi) is 4.84. The van der Waals surface area contributed by atoms with E-state index in [1.165, 1.54) is 0 Å². The highest BCUT2D eigenvalue weighted by atomic mass is 16.5. The first-order valence-corrected chi connectivity index (χ1v) is 6.94. The molecule has 0 saturated heterocycles. The number of amides is 1.